The summed E-state index contributed by atoms with van der Waals surface area (Å²) in [7, 11) is 1.35. The van der Waals surface area contributed by atoms with Crippen LogP contribution in [0.3, 0.4) is 0 Å². The standard InChI is InChI=1S/C12H16O3/c1-4-9-5-6-10(8(2)13)11(7-9)12(14)15-3/h1,9-11H,5-7H2,2-3H3. The summed E-state index contributed by atoms with van der Waals surface area (Å²) in [5.41, 5.74) is 0. The number of terminal acetylenes is 1. The van der Waals surface area contributed by atoms with E-state index in [9.17, 15) is 9.59 Å². The fourth-order valence-corrected chi connectivity index (χ4v) is 2.22. The second-order valence-corrected chi connectivity index (χ2v) is 4.02. The van der Waals surface area contributed by atoms with E-state index in [2.05, 4.69) is 5.92 Å². The molecule has 3 atom stereocenters. The van der Waals surface area contributed by atoms with Gasteiger partial charge in [-0.2, -0.15) is 0 Å². The lowest BCUT2D eigenvalue weighted by Gasteiger charge is -2.30. The molecule has 3 heteroatoms. The first-order chi connectivity index (χ1) is 7.10. The molecule has 1 aliphatic carbocycles. The minimum atomic E-state index is -0.345. The van der Waals surface area contributed by atoms with Gasteiger partial charge in [-0.3, -0.25) is 9.59 Å². The number of hydrogen-bond donors (Lipinski definition) is 0. The number of ketones is 1. The molecule has 0 bridgehead atoms. The molecule has 1 aliphatic rings. The number of carbonyl (C=O) groups is 2. The van der Waals surface area contributed by atoms with Crippen LogP contribution in [0.25, 0.3) is 0 Å². The fourth-order valence-electron chi connectivity index (χ4n) is 2.22. The Kier molecular flexibility index (Phi) is 3.90. The van der Waals surface area contributed by atoms with Crippen molar-refractivity contribution in [1.29, 1.82) is 0 Å². The molecule has 0 aromatic carbocycles. The first kappa shape index (κ1) is 11.8. The van der Waals surface area contributed by atoms with Crippen LogP contribution in [0.5, 0.6) is 0 Å². The van der Waals surface area contributed by atoms with Gasteiger partial charge < -0.3 is 4.74 Å². The summed E-state index contributed by atoms with van der Waals surface area (Å²) in [6.07, 6.45) is 7.44. The van der Waals surface area contributed by atoms with Gasteiger partial charge in [0.1, 0.15) is 5.78 Å². The molecule has 1 fully saturated rings. The van der Waals surface area contributed by atoms with E-state index in [-0.39, 0.29) is 29.5 Å². The Bertz CT molecular complexity index is 300. The third-order valence-electron chi connectivity index (χ3n) is 3.11. The van der Waals surface area contributed by atoms with Gasteiger partial charge in [-0.1, -0.05) is 0 Å². The lowest BCUT2D eigenvalue weighted by molar-refractivity contribution is -0.151. The second kappa shape index (κ2) is 4.97. The molecule has 0 heterocycles. The normalized spacial score (nSPS) is 30.3. The van der Waals surface area contributed by atoms with Crippen LogP contribution < -0.4 is 0 Å². The maximum Gasteiger partial charge on any atom is 0.309 e. The Labute approximate surface area is 90.2 Å². The quantitative estimate of drug-likeness (QED) is 0.509. The zero-order chi connectivity index (χ0) is 11.4. The lowest BCUT2D eigenvalue weighted by Crippen LogP contribution is -2.35. The van der Waals surface area contributed by atoms with Gasteiger partial charge in [0.15, 0.2) is 0 Å². The summed E-state index contributed by atoms with van der Waals surface area (Å²) in [4.78, 5) is 22.9. The monoisotopic (exact) mass is 208 g/mol. The van der Waals surface area contributed by atoms with E-state index >= 15 is 0 Å². The highest BCUT2D eigenvalue weighted by molar-refractivity contribution is 5.85. The molecule has 3 unspecified atom stereocenters. The number of esters is 1. The van der Waals surface area contributed by atoms with Gasteiger partial charge in [-0.25, -0.2) is 0 Å². The molecule has 0 aliphatic heterocycles. The van der Waals surface area contributed by atoms with Crippen LogP contribution in [-0.2, 0) is 14.3 Å². The molecule has 0 N–H and O–H groups in total. The number of methoxy groups -OCH3 is 1. The molecule has 0 aromatic rings. The first-order valence-corrected chi connectivity index (χ1v) is 5.14. The predicted molar refractivity (Wildman–Crippen MR) is 55.9 cm³/mol. The minimum absolute atomic E-state index is 0.0564. The van der Waals surface area contributed by atoms with Crippen LogP contribution in [0.15, 0.2) is 0 Å². The molecule has 1 rings (SSSR count). The summed E-state index contributed by atoms with van der Waals surface area (Å²) in [6.45, 7) is 1.52. The second-order valence-electron chi connectivity index (χ2n) is 4.02. The summed E-state index contributed by atoms with van der Waals surface area (Å²) in [5.74, 6) is 1.95. The van der Waals surface area contributed by atoms with E-state index < -0.39 is 0 Å². The molecule has 15 heavy (non-hydrogen) atoms. The summed E-state index contributed by atoms with van der Waals surface area (Å²) >= 11 is 0. The molecule has 0 amide bonds. The van der Waals surface area contributed by atoms with Crippen LogP contribution in [0.2, 0.25) is 0 Å². The summed E-state index contributed by atoms with van der Waals surface area (Å²) in [6, 6.07) is 0. The number of ether oxygens (including phenoxy) is 1. The smallest absolute Gasteiger partial charge is 0.309 e. The zero-order valence-electron chi connectivity index (χ0n) is 9.16. The average Bonchev–Trinajstić information content (AvgIpc) is 2.26. The van der Waals surface area contributed by atoms with Gasteiger partial charge in [0, 0.05) is 11.8 Å². The SMILES string of the molecule is C#CC1CCC(C(C)=O)C(C(=O)OC)C1. The molecule has 0 aromatic heterocycles. The maximum absolute atomic E-state index is 11.5. The van der Waals surface area contributed by atoms with E-state index in [0.717, 1.165) is 6.42 Å². The molecule has 0 radical (unpaired) electrons. The number of carbonyl (C=O) groups excluding carboxylic acids is 2. The first-order valence-electron chi connectivity index (χ1n) is 5.14. The molecule has 1 saturated carbocycles. The Hall–Kier alpha value is -1.30. The zero-order valence-corrected chi connectivity index (χ0v) is 9.16. The highest BCUT2D eigenvalue weighted by atomic mass is 16.5. The number of hydrogen-bond acceptors (Lipinski definition) is 3. The molecular formula is C12H16O3. The highest BCUT2D eigenvalue weighted by Gasteiger charge is 2.37. The van der Waals surface area contributed by atoms with E-state index in [1.807, 2.05) is 0 Å². The van der Waals surface area contributed by atoms with Gasteiger partial charge in [-0.05, 0) is 26.2 Å². The van der Waals surface area contributed by atoms with Gasteiger partial charge in [0.05, 0.1) is 13.0 Å². The lowest BCUT2D eigenvalue weighted by atomic mass is 9.73. The molecular weight excluding hydrogens is 192 g/mol. The Morgan fingerprint density at radius 1 is 1.33 bits per heavy atom. The number of rotatable bonds is 2. The Balaban J connectivity index is 2.78. The van der Waals surface area contributed by atoms with Crippen molar-refractivity contribution >= 4 is 11.8 Å². The summed E-state index contributed by atoms with van der Waals surface area (Å²) in [5, 5.41) is 0. The van der Waals surface area contributed by atoms with Crippen molar-refractivity contribution in [2.24, 2.45) is 17.8 Å². The van der Waals surface area contributed by atoms with Gasteiger partial charge >= 0.3 is 5.97 Å². The van der Waals surface area contributed by atoms with Crippen molar-refractivity contribution in [3.8, 4) is 12.3 Å². The van der Waals surface area contributed by atoms with E-state index in [4.69, 9.17) is 11.2 Å². The van der Waals surface area contributed by atoms with Crippen LogP contribution in [0.1, 0.15) is 26.2 Å². The van der Waals surface area contributed by atoms with Crippen molar-refractivity contribution in [1.82, 2.24) is 0 Å². The molecule has 3 nitrogen and oxygen atoms in total. The van der Waals surface area contributed by atoms with E-state index in [1.54, 1.807) is 0 Å². The Morgan fingerprint density at radius 3 is 2.47 bits per heavy atom. The predicted octanol–water partition coefficient (Wildman–Crippen LogP) is 1.41. The largest absolute Gasteiger partial charge is 0.469 e. The van der Waals surface area contributed by atoms with E-state index in [1.165, 1.54) is 14.0 Å². The van der Waals surface area contributed by atoms with Crippen molar-refractivity contribution in [2.45, 2.75) is 26.2 Å². The molecule has 0 spiro atoms. The van der Waals surface area contributed by atoms with Gasteiger partial charge in [0.25, 0.3) is 0 Å². The van der Waals surface area contributed by atoms with Crippen molar-refractivity contribution in [3.05, 3.63) is 0 Å². The molecule has 82 valence electrons. The minimum Gasteiger partial charge on any atom is -0.469 e. The van der Waals surface area contributed by atoms with Crippen LogP contribution in [0, 0.1) is 30.1 Å². The van der Waals surface area contributed by atoms with Gasteiger partial charge in [0.2, 0.25) is 0 Å². The van der Waals surface area contributed by atoms with Gasteiger partial charge in [-0.15, -0.1) is 12.3 Å². The topological polar surface area (TPSA) is 43.4 Å². The third kappa shape index (κ3) is 2.59. The Morgan fingerprint density at radius 2 is 2.00 bits per heavy atom. The van der Waals surface area contributed by atoms with Crippen molar-refractivity contribution in [3.63, 3.8) is 0 Å². The average molecular weight is 208 g/mol. The highest BCUT2D eigenvalue weighted by Crippen LogP contribution is 2.34. The van der Waals surface area contributed by atoms with Crippen molar-refractivity contribution in [2.75, 3.05) is 7.11 Å². The van der Waals surface area contributed by atoms with Crippen molar-refractivity contribution < 1.29 is 14.3 Å². The fraction of sp³-hybridized carbons (Fsp3) is 0.667. The third-order valence-corrected chi connectivity index (χ3v) is 3.11. The summed E-state index contributed by atoms with van der Waals surface area (Å²) < 4.78 is 4.70. The van der Waals surface area contributed by atoms with E-state index in [0.29, 0.717) is 12.8 Å². The maximum atomic E-state index is 11.5. The number of Topliss-reactive ketones (excluding diaryl/α,β-unsaturated/α-hetero) is 1. The van der Waals surface area contributed by atoms with Crippen LogP contribution in [0.4, 0.5) is 0 Å². The van der Waals surface area contributed by atoms with Crippen LogP contribution in [-0.4, -0.2) is 18.9 Å². The van der Waals surface area contributed by atoms with Crippen LogP contribution >= 0.6 is 0 Å². The molecule has 0 saturated heterocycles.